The molecule has 0 bridgehead atoms. The molecule has 0 radical (unpaired) electrons. The van der Waals surface area contributed by atoms with Crippen LogP contribution in [0.2, 0.25) is 0 Å². The molecule has 13 heteroatoms. The lowest BCUT2D eigenvalue weighted by atomic mass is 10.0. The molecule has 2 heterocycles. The minimum Gasteiger partial charge on any atom is -0.507 e. The second-order valence-electron chi connectivity index (χ2n) is 11.5. The van der Waals surface area contributed by atoms with Crippen LogP contribution in [-0.2, 0) is 40.0 Å². The van der Waals surface area contributed by atoms with E-state index < -0.39 is 47.9 Å². The molecule has 3 aromatic rings. The summed E-state index contributed by atoms with van der Waals surface area (Å²) in [6.45, 7) is 2.09. The maximum atomic E-state index is 14.2. The third-order valence-corrected chi connectivity index (χ3v) is 7.94. The van der Waals surface area contributed by atoms with E-state index in [1.54, 1.807) is 38.1 Å². The van der Waals surface area contributed by atoms with Gasteiger partial charge in [-0.2, -0.15) is 0 Å². The highest BCUT2D eigenvalue weighted by molar-refractivity contribution is 6.11. The Morgan fingerprint density at radius 3 is 2.30 bits per heavy atom. The Hall–Kier alpha value is -5.27. The molecule has 0 aliphatic carbocycles. The molecule has 47 heavy (non-hydrogen) atoms. The summed E-state index contributed by atoms with van der Waals surface area (Å²) < 4.78 is 16.3. The molecule has 4 amide bonds. The summed E-state index contributed by atoms with van der Waals surface area (Å²) in [6, 6.07) is 17.5. The predicted octanol–water partition coefficient (Wildman–Crippen LogP) is 2.11. The third kappa shape index (κ3) is 7.42. The monoisotopic (exact) mass is 644 g/mol. The quantitative estimate of drug-likeness (QED) is 0.222. The van der Waals surface area contributed by atoms with Gasteiger partial charge in [-0.05, 0) is 54.8 Å². The Labute approximate surface area is 271 Å². The molecule has 5 rings (SSSR count). The van der Waals surface area contributed by atoms with Crippen LogP contribution in [0.25, 0.3) is 0 Å². The third-order valence-electron chi connectivity index (χ3n) is 7.94. The van der Waals surface area contributed by atoms with Gasteiger partial charge in [0.2, 0.25) is 5.91 Å². The summed E-state index contributed by atoms with van der Waals surface area (Å²) in [5, 5.41) is 15.7. The minimum atomic E-state index is -1.47. The number of rotatable bonds is 10. The average Bonchev–Trinajstić information content (AvgIpc) is 3.38. The van der Waals surface area contributed by atoms with Gasteiger partial charge >= 0.3 is 5.97 Å². The topological polar surface area (TPSA) is 164 Å². The van der Waals surface area contributed by atoms with Gasteiger partial charge in [0, 0.05) is 12.7 Å². The normalized spacial score (nSPS) is 19.1. The van der Waals surface area contributed by atoms with Gasteiger partial charge in [-0.15, -0.1) is 0 Å². The van der Waals surface area contributed by atoms with Crippen LogP contribution in [0.4, 0.5) is 11.4 Å². The van der Waals surface area contributed by atoms with Crippen LogP contribution in [0.1, 0.15) is 33.5 Å². The number of nitrogens with one attached hydrogen (secondary N) is 2. The maximum absolute atomic E-state index is 14.2. The largest absolute Gasteiger partial charge is 0.507 e. The number of hydrogen-bond donors (Lipinski definition) is 3. The second-order valence-corrected chi connectivity index (χ2v) is 11.5. The summed E-state index contributed by atoms with van der Waals surface area (Å²) >= 11 is 0. The maximum Gasteiger partial charge on any atom is 0.311 e. The molecule has 13 nitrogen and oxygen atoms in total. The van der Waals surface area contributed by atoms with Crippen molar-refractivity contribution in [1.29, 1.82) is 0 Å². The first-order chi connectivity index (χ1) is 22.5. The Morgan fingerprint density at radius 1 is 1.00 bits per heavy atom. The summed E-state index contributed by atoms with van der Waals surface area (Å²) in [5.74, 6) is -2.89. The van der Waals surface area contributed by atoms with Crippen molar-refractivity contribution in [3.63, 3.8) is 0 Å². The average molecular weight is 645 g/mol. The minimum absolute atomic E-state index is 0.0518. The van der Waals surface area contributed by atoms with E-state index in [0.29, 0.717) is 16.8 Å². The fraction of sp³-hybridized carbons (Fsp3) is 0.324. The first kappa shape index (κ1) is 33.1. The zero-order valence-corrected chi connectivity index (χ0v) is 26.3. The van der Waals surface area contributed by atoms with Crippen molar-refractivity contribution in [2.75, 3.05) is 43.2 Å². The van der Waals surface area contributed by atoms with Gasteiger partial charge in [0.05, 0.1) is 30.9 Å². The molecule has 3 aromatic carbocycles. The van der Waals surface area contributed by atoms with Gasteiger partial charge in [-0.1, -0.05) is 42.5 Å². The van der Waals surface area contributed by atoms with Crippen LogP contribution in [0.15, 0.2) is 66.7 Å². The van der Waals surface area contributed by atoms with E-state index in [2.05, 4.69) is 10.6 Å². The van der Waals surface area contributed by atoms with Crippen molar-refractivity contribution >= 4 is 41.0 Å². The Bertz CT molecular complexity index is 1670. The predicted molar refractivity (Wildman–Crippen MR) is 170 cm³/mol. The molecule has 1 saturated heterocycles. The number of esters is 1. The van der Waals surface area contributed by atoms with E-state index >= 15 is 0 Å². The molecular formula is C34H36N4O9. The number of carbonyl (C=O) groups excluding carboxylic acids is 5. The summed E-state index contributed by atoms with van der Waals surface area (Å²) in [6.07, 6.45) is -0.237. The number of nitrogens with zero attached hydrogens (tertiary/aromatic N) is 2. The van der Waals surface area contributed by atoms with Crippen molar-refractivity contribution in [2.45, 2.75) is 38.6 Å². The molecule has 0 unspecified atom stereocenters. The lowest BCUT2D eigenvalue weighted by Gasteiger charge is -2.30. The number of aromatic hydroxyl groups is 1. The molecule has 2 aliphatic rings. The van der Waals surface area contributed by atoms with Crippen LogP contribution in [0.5, 0.6) is 5.75 Å². The first-order valence-corrected chi connectivity index (χ1v) is 15.0. The van der Waals surface area contributed by atoms with Crippen molar-refractivity contribution in [2.24, 2.45) is 0 Å². The van der Waals surface area contributed by atoms with Gasteiger partial charge < -0.3 is 34.9 Å². The van der Waals surface area contributed by atoms with E-state index in [1.807, 2.05) is 30.3 Å². The molecule has 246 valence electrons. The van der Waals surface area contributed by atoms with Crippen LogP contribution in [0, 0.1) is 13.8 Å². The fourth-order valence-electron chi connectivity index (χ4n) is 5.60. The Kier molecular flexibility index (Phi) is 9.87. The van der Waals surface area contributed by atoms with Gasteiger partial charge in [0.1, 0.15) is 31.5 Å². The molecule has 3 N–H and O–H groups in total. The lowest BCUT2D eigenvalue weighted by Crippen LogP contribution is -2.57. The van der Waals surface area contributed by atoms with Gasteiger partial charge in [0.25, 0.3) is 17.7 Å². The number of phenolic OH excluding ortho intramolecular Hbond substituents is 1. The number of phenols is 1. The Morgan fingerprint density at radius 2 is 1.66 bits per heavy atom. The Balaban J connectivity index is 1.44. The van der Waals surface area contributed by atoms with Crippen LogP contribution < -0.4 is 20.4 Å². The molecule has 0 spiro atoms. The molecule has 0 aromatic heterocycles. The highest BCUT2D eigenvalue weighted by atomic mass is 16.6. The van der Waals surface area contributed by atoms with E-state index in [1.165, 1.54) is 29.0 Å². The van der Waals surface area contributed by atoms with Crippen molar-refractivity contribution in [3.05, 3.63) is 89.0 Å². The number of ether oxygens (including phenoxy) is 3. The van der Waals surface area contributed by atoms with Crippen LogP contribution >= 0.6 is 0 Å². The standard InChI is InChI=1S/C34H36N4O9/c1-21-13-24(14-22(2)31(21)42)32(43)35-25-16-37(29(40)19-45-3)26-11-7-8-12-27(26)38(33(25)44)17-28(39)36-34(15-30(41)46-20-34)47-18-23-9-5-4-6-10-23/h4-14,25,42H,15-20H2,1-3H3,(H,35,43)(H,36,39)/t25-,34-/m0/s1. The van der Waals surface area contributed by atoms with E-state index in [0.717, 1.165) is 5.56 Å². The SMILES string of the molecule is COCC(=O)N1C[C@H](NC(=O)c2cc(C)c(O)c(C)c2)C(=O)N(CC(=O)N[C@@]2(OCc3ccccc3)COC(=O)C2)c2ccccc21. The highest BCUT2D eigenvalue weighted by Crippen LogP contribution is 2.33. The number of amides is 4. The number of methoxy groups -OCH3 is 1. The zero-order chi connectivity index (χ0) is 33.7. The zero-order valence-electron chi connectivity index (χ0n) is 26.3. The van der Waals surface area contributed by atoms with Crippen molar-refractivity contribution in [3.8, 4) is 5.75 Å². The second kappa shape index (κ2) is 14.0. The van der Waals surface area contributed by atoms with Crippen molar-refractivity contribution < 1.29 is 43.3 Å². The lowest BCUT2D eigenvalue weighted by molar-refractivity contribution is -0.138. The number of anilines is 2. The van der Waals surface area contributed by atoms with Crippen LogP contribution in [-0.4, -0.2) is 79.9 Å². The van der Waals surface area contributed by atoms with Crippen LogP contribution in [0.3, 0.4) is 0 Å². The number of aryl methyl sites for hydroxylation is 2. The van der Waals surface area contributed by atoms with Gasteiger partial charge in [-0.3, -0.25) is 28.9 Å². The number of benzene rings is 3. The molecule has 1 fully saturated rings. The molecule has 2 aliphatic heterocycles. The fourth-order valence-corrected chi connectivity index (χ4v) is 5.60. The summed E-state index contributed by atoms with van der Waals surface area (Å²) in [5.41, 5.74) is 1.08. The number of fused-ring (bicyclic) bond motifs is 1. The van der Waals surface area contributed by atoms with E-state index in [9.17, 15) is 29.1 Å². The number of cyclic esters (lactones) is 1. The first-order valence-electron chi connectivity index (χ1n) is 15.0. The van der Waals surface area contributed by atoms with Gasteiger partial charge in [-0.25, -0.2) is 0 Å². The highest BCUT2D eigenvalue weighted by Gasteiger charge is 2.44. The van der Waals surface area contributed by atoms with E-state index in [-0.39, 0.29) is 49.8 Å². The summed E-state index contributed by atoms with van der Waals surface area (Å²) in [7, 11) is 1.37. The number of hydrogen-bond acceptors (Lipinski definition) is 9. The number of para-hydroxylation sites is 2. The molecule has 2 atom stereocenters. The molecule has 0 saturated carbocycles. The van der Waals surface area contributed by atoms with E-state index in [4.69, 9.17) is 14.2 Å². The van der Waals surface area contributed by atoms with Crippen molar-refractivity contribution in [1.82, 2.24) is 10.6 Å². The smallest absolute Gasteiger partial charge is 0.311 e. The number of carbonyl (C=O) groups is 5. The summed E-state index contributed by atoms with van der Waals surface area (Å²) in [4.78, 5) is 69.3. The molecular weight excluding hydrogens is 608 g/mol. The van der Waals surface area contributed by atoms with Gasteiger partial charge in [0.15, 0.2) is 5.72 Å².